The van der Waals surface area contributed by atoms with Crippen LogP contribution < -0.4 is 10.5 Å². The largest absolute Gasteiger partial charge is 0.464 e. The summed E-state index contributed by atoms with van der Waals surface area (Å²) in [4.78, 5) is 11.9. The lowest BCUT2D eigenvalue weighted by Gasteiger charge is -2.11. The number of rotatable bonds is 3. The zero-order valence-electron chi connectivity index (χ0n) is 11.5. The van der Waals surface area contributed by atoms with E-state index in [9.17, 15) is 21.6 Å². The summed E-state index contributed by atoms with van der Waals surface area (Å²) in [5, 5.41) is 7.62. The molecule has 10 heteroatoms. The maximum Gasteiger partial charge on any atom is 0.256 e. The Labute approximate surface area is 122 Å². The zero-order valence-corrected chi connectivity index (χ0v) is 13.2. The van der Waals surface area contributed by atoms with Crippen molar-refractivity contribution < 1.29 is 26.0 Å². The lowest BCUT2D eigenvalue weighted by Crippen LogP contribution is -2.36. The lowest BCUT2D eigenvalue weighted by atomic mass is 10.2. The highest BCUT2D eigenvalue weighted by molar-refractivity contribution is 7.91. The fourth-order valence-corrected chi connectivity index (χ4v) is 5.07. The Balaban J connectivity index is 2.33. The van der Waals surface area contributed by atoms with E-state index in [4.69, 9.17) is 9.56 Å². The molecule has 21 heavy (non-hydrogen) atoms. The van der Waals surface area contributed by atoms with Crippen LogP contribution >= 0.6 is 0 Å². The average molecular weight is 336 g/mol. The fraction of sp³-hybridized carbons (Fsp3) is 0.545. The molecule has 0 radical (unpaired) electrons. The van der Waals surface area contributed by atoms with Crippen molar-refractivity contribution in [1.82, 2.24) is 5.32 Å². The molecule has 2 rings (SSSR count). The van der Waals surface area contributed by atoms with Crippen LogP contribution in [0, 0.1) is 13.8 Å². The third kappa shape index (κ3) is 3.27. The first-order valence-corrected chi connectivity index (χ1v) is 9.52. The molecule has 0 saturated carbocycles. The molecular formula is C11H16N2O6S2. The molecule has 8 nitrogen and oxygen atoms in total. The van der Waals surface area contributed by atoms with Gasteiger partial charge in [-0.15, -0.1) is 0 Å². The van der Waals surface area contributed by atoms with Gasteiger partial charge in [-0.1, -0.05) is 0 Å². The predicted octanol–water partition coefficient (Wildman–Crippen LogP) is -0.539. The van der Waals surface area contributed by atoms with E-state index >= 15 is 0 Å². The van der Waals surface area contributed by atoms with Crippen molar-refractivity contribution in [1.29, 1.82) is 0 Å². The lowest BCUT2D eigenvalue weighted by molar-refractivity contribution is 0.0936. The van der Waals surface area contributed by atoms with Crippen LogP contribution in [-0.4, -0.2) is 40.3 Å². The highest BCUT2D eigenvalue weighted by atomic mass is 32.2. The van der Waals surface area contributed by atoms with E-state index in [1.165, 1.54) is 13.8 Å². The summed E-state index contributed by atoms with van der Waals surface area (Å²) >= 11 is 0. The van der Waals surface area contributed by atoms with Crippen LogP contribution in [0.1, 0.15) is 28.3 Å². The predicted molar refractivity (Wildman–Crippen MR) is 74.1 cm³/mol. The Hall–Kier alpha value is -1.39. The number of nitrogens with two attached hydrogens (primary N) is 1. The third-order valence-electron chi connectivity index (χ3n) is 3.28. The monoisotopic (exact) mass is 336 g/mol. The molecule has 1 saturated heterocycles. The number of carbonyl (C=O) groups is 1. The van der Waals surface area contributed by atoms with Crippen molar-refractivity contribution in [2.24, 2.45) is 5.14 Å². The second kappa shape index (κ2) is 5.11. The number of hydrogen-bond acceptors (Lipinski definition) is 6. The number of sulfone groups is 1. The van der Waals surface area contributed by atoms with Gasteiger partial charge in [0.1, 0.15) is 22.0 Å². The number of hydrogen-bond donors (Lipinski definition) is 2. The number of sulfonamides is 1. The minimum atomic E-state index is -4.12. The summed E-state index contributed by atoms with van der Waals surface area (Å²) in [6, 6.07) is -0.537. The number of furan rings is 1. The third-order valence-corrected chi connectivity index (χ3v) is 6.11. The molecule has 0 bridgehead atoms. The van der Waals surface area contributed by atoms with Crippen LogP contribution in [0.5, 0.6) is 0 Å². The molecule has 1 fully saturated rings. The van der Waals surface area contributed by atoms with Gasteiger partial charge in [-0.2, -0.15) is 0 Å². The van der Waals surface area contributed by atoms with Crippen LogP contribution in [0.15, 0.2) is 9.31 Å². The zero-order chi connectivity index (χ0) is 16.0. The summed E-state index contributed by atoms with van der Waals surface area (Å²) in [5.41, 5.74) is -0.167. The highest BCUT2D eigenvalue weighted by Gasteiger charge is 2.33. The molecule has 118 valence electrons. The Kier molecular flexibility index (Phi) is 3.89. The normalized spacial score (nSPS) is 21.4. The molecule has 2 heterocycles. The maximum atomic E-state index is 12.2. The standard InChI is InChI=1S/C11H16N2O6S2/c1-6-9(10(7(2)19-6)21(12,17)18)11(14)13-8-3-4-20(15,16)5-8/h8H,3-5H2,1-2H3,(H,13,14)(H2,12,17,18). The highest BCUT2D eigenvalue weighted by Crippen LogP contribution is 2.26. The van der Waals surface area contributed by atoms with Gasteiger partial charge in [-0.05, 0) is 20.3 Å². The summed E-state index contributed by atoms with van der Waals surface area (Å²) in [7, 11) is -7.27. The maximum absolute atomic E-state index is 12.2. The van der Waals surface area contributed by atoms with E-state index in [1.54, 1.807) is 0 Å². The van der Waals surface area contributed by atoms with Gasteiger partial charge in [-0.3, -0.25) is 4.79 Å². The molecule has 0 spiro atoms. The average Bonchev–Trinajstić information content (AvgIpc) is 2.77. The number of nitrogens with one attached hydrogen (secondary N) is 1. The van der Waals surface area contributed by atoms with Gasteiger partial charge in [-0.25, -0.2) is 22.0 Å². The van der Waals surface area contributed by atoms with Crippen LogP contribution in [0.2, 0.25) is 0 Å². The molecule has 1 aliphatic rings. The number of aryl methyl sites for hydroxylation is 2. The van der Waals surface area contributed by atoms with Crippen LogP contribution in [0.25, 0.3) is 0 Å². The minimum absolute atomic E-state index is 0.00336. The molecule has 3 N–H and O–H groups in total. The van der Waals surface area contributed by atoms with Gasteiger partial charge in [0.2, 0.25) is 10.0 Å². The van der Waals surface area contributed by atoms with Crippen molar-refractivity contribution in [2.75, 3.05) is 11.5 Å². The van der Waals surface area contributed by atoms with Crippen molar-refractivity contribution in [2.45, 2.75) is 31.2 Å². The SMILES string of the molecule is Cc1oc(C)c(S(N)(=O)=O)c1C(=O)NC1CCS(=O)(=O)C1. The molecule has 1 amide bonds. The first-order valence-electron chi connectivity index (χ1n) is 6.15. The first kappa shape index (κ1) is 16.0. The molecule has 1 aromatic rings. The number of amides is 1. The first-order chi connectivity index (χ1) is 9.51. The van der Waals surface area contributed by atoms with Gasteiger partial charge < -0.3 is 9.73 Å². The molecule has 1 atom stereocenters. The van der Waals surface area contributed by atoms with Crippen molar-refractivity contribution in [3.05, 3.63) is 17.1 Å². The molecule has 0 aromatic carbocycles. The van der Waals surface area contributed by atoms with E-state index in [0.29, 0.717) is 6.42 Å². The molecule has 1 unspecified atom stereocenters. The van der Waals surface area contributed by atoms with E-state index in [0.717, 1.165) is 0 Å². The molecule has 1 aromatic heterocycles. The van der Waals surface area contributed by atoms with Crippen molar-refractivity contribution in [3.8, 4) is 0 Å². The summed E-state index contributed by atoms with van der Waals surface area (Å²) < 4.78 is 51.1. The van der Waals surface area contributed by atoms with E-state index in [2.05, 4.69) is 5.32 Å². The van der Waals surface area contributed by atoms with Gasteiger partial charge in [0, 0.05) is 6.04 Å². The smallest absolute Gasteiger partial charge is 0.256 e. The Morgan fingerprint density at radius 1 is 1.33 bits per heavy atom. The van der Waals surface area contributed by atoms with E-state index < -0.39 is 31.8 Å². The quantitative estimate of drug-likeness (QED) is 0.760. The van der Waals surface area contributed by atoms with Crippen LogP contribution in [0.4, 0.5) is 0 Å². The second-order valence-electron chi connectivity index (χ2n) is 5.04. The molecule has 0 aliphatic carbocycles. The van der Waals surface area contributed by atoms with Gasteiger partial charge in [0.25, 0.3) is 5.91 Å². The van der Waals surface area contributed by atoms with Crippen LogP contribution in [0.3, 0.4) is 0 Å². The summed E-state index contributed by atoms with van der Waals surface area (Å²) in [5.74, 6) is -0.701. The Morgan fingerprint density at radius 2 is 1.95 bits per heavy atom. The van der Waals surface area contributed by atoms with E-state index in [1.807, 2.05) is 0 Å². The van der Waals surface area contributed by atoms with Crippen molar-refractivity contribution in [3.63, 3.8) is 0 Å². The molecular weight excluding hydrogens is 320 g/mol. The van der Waals surface area contributed by atoms with Crippen LogP contribution in [-0.2, 0) is 19.9 Å². The van der Waals surface area contributed by atoms with Gasteiger partial charge >= 0.3 is 0 Å². The van der Waals surface area contributed by atoms with Crippen molar-refractivity contribution >= 4 is 25.8 Å². The number of carbonyl (C=O) groups excluding carboxylic acids is 1. The number of primary sulfonamides is 1. The summed E-state index contributed by atoms with van der Waals surface area (Å²) in [6.45, 7) is 2.84. The summed E-state index contributed by atoms with van der Waals surface area (Å²) in [6.07, 6.45) is 0.300. The Morgan fingerprint density at radius 3 is 2.43 bits per heavy atom. The topological polar surface area (TPSA) is 137 Å². The van der Waals surface area contributed by atoms with E-state index in [-0.39, 0.29) is 33.5 Å². The second-order valence-corrected chi connectivity index (χ2v) is 8.76. The van der Waals surface area contributed by atoms with Gasteiger partial charge in [0.15, 0.2) is 9.84 Å². The minimum Gasteiger partial charge on any atom is -0.464 e. The Bertz CT molecular complexity index is 791. The fourth-order valence-electron chi connectivity index (χ4n) is 2.43. The molecule has 1 aliphatic heterocycles. The van der Waals surface area contributed by atoms with Gasteiger partial charge in [0.05, 0.1) is 11.5 Å².